The van der Waals surface area contributed by atoms with E-state index in [2.05, 4.69) is 62.2 Å². The molecule has 0 saturated heterocycles. The van der Waals surface area contributed by atoms with Gasteiger partial charge in [-0.1, -0.05) is 32.0 Å². The minimum Gasteiger partial charge on any atom is -0.379 e. The number of nitrogens with zero attached hydrogens (tertiary/aromatic N) is 1. The molecule has 112 valence electrons. The molecule has 0 saturated carbocycles. The van der Waals surface area contributed by atoms with Crippen LogP contribution < -0.4 is 10.2 Å². The highest BCUT2D eigenvalue weighted by molar-refractivity contribution is 5.55. The fourth-order valence-corrected chi connectivity index (χ4v) is 2.61. The number of para-hydroxylation sites is 1. The molecular formula is C17H28N2O. The van der Waals surface area contributed by atoms with Crippen LogP contribution in [0, 0.1) is 5.92 Å². The highest BCUT2D eigenvalue weighted by atomic mass is 16.5. The number of hydrogen-bond acceptors (Lipinski definition) is 3. The molecule has 1 aliphatic rings. The lowest BCUT2D eigenvalue weighted by atomic mass is 10.1. The van der Waals surface area contributed by atoms with Crippen molar-refractivity contribution in [3.8, 4) is 0 Å². The van der Waals surface area contributed by atoms with Crippen LogP contribution in [-0.4, -0.2) is 31.8 Å². The first kappa shape index (κ1) is 15.3. The number of ether oxygens (including phenoxy) is 1. The minimum atomic E-state index is 0.122. The Hall–Kier alpha value is -1.06. The monoisotopic (exact) mass is 276 g/mol. The van der Waals surface area contributed by atoms with Crippen LogP contribution in [0.1, 0.15) is 33.3 Å². The molecule has 1 aromatic rings. The molecule has 3 heteroatoms. The van der Waals surface area contributed by atoms with Gasteiger partial charge in [-0.05, 0) is 31.4 Å². The van der Waals surface area contributed by atoms with Crippen LogP contribution in [0.15, 0.2) is 24.3 Å². The van der Waals surface area contributed by atoms with E-state index in [-0.39, 0.29) is 5.54 Å². The lowest BCUT2D eigenvalue weighted by molar-refractivity contribution is 0.115. The van der Waals surface area contributed by atoms with Crippen molar-refractivity contribution in [2.45, 2.75) is 39.8 Å². The Labute approximate surface area is 123 Å². The van der Waals surface area contributed by atoms with Gasteiger partial charge in [0, 0.05) is 37.5 Å². The van der Waals surface area contributed by atoms with E-state index in [0.29, 0.717) is 5.92 Å². The molecule has 1 aliphatic heterocycles. The van der Waals surface area contributed by atoms with Crippen LogP contribution in [0.5, 0.6) is 0 Å². The van der Waals surface area contributed by atoms with Crippen molar-refractivity contribution >= 4 is 5.69 Å². The molecule has 0 spiro atoms. The van der Waals surface area contributed by atoms with Crippen LogP contribution in [0.25, 0.3) is 0 Å². The predicted molar refractivity (Wildman–Crippen MR) is 85.2 cm³/mol. The van der Waals surface area contributed by atoms with E-state index in [9.17, 15) is 0 Å². The second-order valence-corrected chi connectivity index (χ2v) is 6.76. The summed E-state index contributed by atoms with van der Waals surface area (Å²) in [7, 11) is 0. The van der Waals surface area contributed by atoms with Gasteiger partial charge in [-0.25, -0.2) is 0 Å². The summed E-state index contributed by atoms with van der Waals surface area (Å²) < 4.78 is 5.76. The molecule has 0 aliphatic carbocycles. The molecule has 0 aromatic heterocycles. The molecule has 1 aromatic carbocycles. The quantitative estimate of drug-likeness (QED) is 0.837. The van der Waals surface area contributed by atoms with E-state index in [1.807, 2.05) is 0 Å². The van der Waals surface area contributed by atoms with Crippen LogP contribution in [0.3, 0.4) is 0 Å². The van der Waals surface area contributed by atoms with Gasteiger partial charge in [-0.2, -0.15) is 0 Å². The van der Waals surface area contributed by atoms with Crippen LogP contribution >= 0.6 is 0 Å². The Kier molecular flexibility index (Phi) is 5.06. The molecule has 0 unspecified atom stereocenters. The van der Waals surface area contributed by atoms with Crippen molar-refractivity contribution in [2.24, 2.45) is 5.92 Å². The average Bonchev–Trinajstić information content (AvgIpc) is 2.52. The second kappa shape index (κ2) is 6.59. The largest absolute Gasteiger partial charge is 0.379 e. The summed E-state index contributed by atoms with van der Waals surface area (Å²) >= 11 is 0. The Morgan fingerprint density at radius 2 is 2.05 bits per heavy atom. The van der Waals surface area contributed by atoms with Crippen LogP contribution in [0.2, 0.25) is 0 Å². The molecule has 0 fully saturated rings. The topological polar surface area (TPSA) is 24.5 Å². The van der Waals surface area contributed by atoms with Crippen molar-refractivity contribution in [3.05, 3.63) is 29.8 Å². The minimum absolute atomic E-state index is 0.122. The van der Waals surface area contributed by atoms with Gasteiger partial charge >= 0.3 is 0 Å². The third-order valence-corrected chi connectivity index (χ3v) is 3.63. The molecule has 3 nitrogen and oxygen atoms in total. The van der Waals surface area contributed by atoms with Gasteiger partial charge in [-0.3, -0.25) is 0 Å². The SMILES string of the molecule is CC(C)COCCN1CC(C)(C)NCc2ccccc21. The van der Waals surface area contributed by atoms with Gasteiger partial charge in [0.05, 0.1) is 6.61 Å². The molecule has 1 heterocycles. The van der Waals surface area contributed by atoms with E-state index >= 15 is 0 Å². The fraction of sp³-hybridized carbons (Fsp3) is 0.647. The van der Waals surface area contributed by atoms with Gasteiger partial charge < -0.3 is 15.0 Å². The van der Waals surface area contributed by atoms with Crippen LogP contribution in [0.4, 0.5) is 5.69 Å². The van der Waals surface area contributed by atoms with Gasteiger partial charge in [0.1, 0.15) is 0 Å². The normalized spacial score (nSPS) is 17.9. The Bertz CT molecular complexity index is 429. The molecule has 2 rings (SSSR count). The number of nitrogens with one attached hydrogen (secondary N) is 1. The Morgan fingerprint density at radius 1 is 1.30 bits per heavy atom. The van der Waals surface area contributed by atoms with Gasteiger partial charge in [0.2, 0.25) is 0 Å². The lowest BCUT2D eigenvalue weighted by Gasteiger charge is -2.32. The zero-order valence-electron chi connectivity index (χ0n) is 13.3. The number of rotatable bonds is 5. The van der Waals surface area contributed by atoms with E-state index in [1.54, 1.807) is 0 Å². The first-order chi connectivity index (χ1) is 9.48. The maximum atomic E-state index is 5.76. The molecule has 20 heavy (non-hydrogen) atoms. The summed E-state index contributed by atoms with van der Waals surface area (Å²) in [5.74, 6) is 0.601. The van der Waals surface area contributed by atoms with Crippen molar-refractivity contribution in [2.75, 3.05) is 31.2 Å². The molecule has 0 radical (unpaired) electrons. The first-order valence-electron chi connectivity index (χ1n) is 7.63. The lowest BCUT2D eigenvalue weighted by Crippen LogP contribution is -2.47. The van der Waals surface area contributed by atoms with Gasteiger partial charge in [0.25, 0.3) is 0 Å². The highest BCUT2D eigenvalue weighted by Crippen LogP contribution is 2.25. The Balaban J connectivity index is 2.04. The first-order valence-corrected chi connectivity index (χ1v) is 7.63. The van der Waals surface area contributed by atoms with Gasteiger partial charge in [-0.15, -0.1) is 0 Å². The summed E-state index contributed by atoms with van der Waals surface area (Å²) in [4.78, 5) is 2.45. The van der Waals surface area contributed by atoms with Crippen molar-refractivity contribution in [3.63, 3.8) is 0 Å². The maximum absolute atomic E-state index is 5.76. The standard InChI is InChI=1S/C17H28N2O/c1-14(2)12-20-10-9-19-13-17(3,4)18-11-15-7-5-6-8-16(15)19/h5-8,14,18H,9-13H2,1-4H3. The van der Waals surface area contributed by atoms with E-state index < -0.39 is 0 Å². The second-order valence-electron chi connectivity index (χ2n) is 6.76. The molecule has 0 atom stereocenters. The summed E-state index contributed by atoms with van der Waals surface area (Å²) in [6, 6.07) is 8.68. The molecule has 1 N–H and O–H groups in total. The van der Waals surface area contributed by atoms with Crippen molar-refractivity contribution in [1.29, 1.82) is 0 Å². The number of fused-ring (bicyclic) bond motifs is 1. The van der Waals surface area contributed by atoms with E-state index in [0.717, 1.165) is 32.8 Å². The average molecular weight is 276 g/mol. The molecule has 0 bridgehead atoms. The van der Waals surface area contributed by atoms with Crippen molar-refractivity contribution in [1.82, 2.24) is 5.32 Å². The van der Waals surface area contributed by atoms with E-state index in [4.69, 9.17) is 4.74 Å². The molecular weight excluding hydrogens is 248 g/mol. The van der Waals surface area contributed by atoms with E-state index in [1.165, 1.54) is 11.3 Å². The summed E-state index contributed by atoms with van der Waals surface area (Å²) in [6.45, 7) is 13.4. The smallest absolute Gasteiger partial charge is 0.0641 e. The zero-order chi connectivity index (χ0) is 14.6. The third-order valence-electron chi connectivity index (χ3n) is 3.63. The van der Waals surface area contributed by atoms with Gasteiger partial charge in [0.15, 0.2) is 0 Å². The third kappa shape index (κ3) is 4.22. The summed E-state index contributed by atoms with van der Waals surface area (Å²) in [5.41, 5.74) is 2.84. The zero-order valence-corrected chi connectivity index (χ0v) is 13.3. The van der Waals surface area contributed by atoms with Crippen molar-refractivity contribution < 1.29 is 4.74 Å². The highest BCUT2D eigenvalue weighted by Gasteiger charge is 2.26. The molecule has 0 amide bonds. The Morgan fingerprint density at radius 3 is 2.80 bits per heavy atom. The fourth-order valence-electron chi connectivity index (χ4n) is 2.61. The summed E-state index contributed by atoms with van der Waals surface area (Å²) in [6.07, 6.45) is 0. The predicted octanol–water partition coefficient (Wildman–Crippen LogP) is 3.05. The number of hydrogen-bond donors (Lipinski definition) is 1. The maximum Gasteiger partial charge on any atom is 0.0641 e. The number of anilines is 1. The van der Waals surface area contributed by atoms with Crippen LogP contribution in [-0.2, 0) is 11.3 Å². The summed E-state index contributed by atoms with van der Waals surface area (Å²) in [5, 5.41) is 3.63. The number of benzene rings is 1.